The van der Waals surface area contributed by atoms with Crippen molar-refractivity contribution in [2.24, 2.45) is 17.6 Å². The molecule has 0 aromatic heterocycles. The van der Waals surface area contributed by atoms with Gasteiger partial charge in [-0.05, 0) is 48.1 Å². The van der Waals surface area contributed by atoms with Crippen LogP contribution in [0.4, 0.5) is 8.78 Å². The number of nitrogens with zero attached hydrogens (tertiary/aromatic N) is 1. The number of benzene rings is 1. The van der Waals surface area contributed by atoms with E-state index in [9.17, 15) is 13.6 Å². The number of carbonyl (C=O) groups excluding carboxylic acids is 1. The van der Waals surface area contributed by atoms with Gasteiger partial charge in [-0.1, -0.05) is 36.4 Å². The first kappa shape index (κ1) is 17.2. The average Bonchev–Trinajstić information content (AvgIpc) is 3.41. The molecule has 1 fully saturated rings. The summed E-state index contributed by atoms with van der Waals surface area (Å²) < 4.78 is 28.0. The smallest absolute Gasteiger partial charge is 0.240 e. The molecule has 0 saturated heterocycles. The van der Waals surface area contributed by atoms with E-state index in [0.29, 0.717) is 0 Å². The average molecular weight is 356 g/mol. The molecular weight excluding hydrogens is 334 g/mol. The number of carbonyl (C=O) groups is 1. The lowest BCUT2D eigenvalue weighted by atomic mass is 9.90. The number of hydrogen-bond acceptors (Lipinski definition) is 2. The third kappa shape index (κ3) is 3.23. The maximum Gasteiger partial charge on any atom is 0.240 e. The molecule has 1 heterocycles. The van der Waals surface area contributed by atoms with Crippen LogP contribution in [0, 0.1) is 11.8 Å². The number of rotatable bonds is 4. The van der Waals surface area contributed by atoms with Crippen LogP contribution in [0.2, 0.25) is 0 Å². The lowest BCUT2D eigenvalue weighted by Crippen LogP contribution is -2.45. The molecule has 1 aromatic rings. The van der Waals surface area contributed by atoms with E-state index in [1.807, 2.05) is 36.4 Å². The second kappa shape index (κ2) is 6.80. The van der Waals surface area contributed by atoms with Crippen molar-refractivity contribution in [3.05, 3.63) is 71.6 Å². The Morgan fingerprint density at radius 1 is 1.19 bits per heavy atom. The highest BCUT2D eigenvalue weighted by Crippen LogP contribution is 2.39. The van der Waals surface area contributed by atoms with Crippen LogP contribution in [0.5, 0.6) is 0 Å². The Morgan fingerprint density at radius 3 is 2.62 bits per heavy atom. The minimum atomic E-state index is -1.29. The predicted octanol–water partition coefficient (Wildman–Crippen LogP) is 3.61. The van der Waals surface area contributed by atoms with Crippen molar-refractivity contribution < 1.29 is 13.6 Å². The number of halogens is 2. The van der Waals surface area contributed by atoms with Gasteiger partial charge < -0.3 is 10.6 Å². The Labute approximate surface area is 151 Å². The van der Waals surface area contributed by atoms with Gasteiger partial charge in [-0.15, -0.1) is 0 Å². The van der Waals surface area contributed by atoms with Crippen LogP contribution in [0.15, 0.2) is 66.0 Å². The molecule has 136 valence electrons. The zero-order valence-electron chi connectivity index (χ0n) is 14.4. The van der Waals surface area contributed by atoms with Crippen LogP contribution in [0.25, 0.3) is 0 Å². The standard InChI is InChI=1S/C21H22F2N2O/c22-16-8-9-18(23)17(11-16)15-10-19(13-4-2-1-3-5-13)25(12-15)21(26)20(24)14-6-7-14/h1-5,8-11,14,17-20H,6-7,12,24H2/t17?,18?,19?,20-/m0/s1. The molecule has 5 heteroatoms. The zero-order valence-corrected chi connectivity index (χ0v) is 14.4. The zero-order chi connectivity index (χ0) is 18.3. The van der Waals surface area contributed by atoms with Crippen molar-refractivity contribution in [2.75, 3.05) is 6.54 Å². The van der Waals surface area contributed by atoms with Gasteiger partial charge in [-0.25, -0.2) is 8.78 Å². The van der Waals surface area contributed by atoms with Crippen LogP contribution in [0.1, 0.15) is 24.4 Å². The molecule has 0 spiro atoms. The van der Waals surface area contributed by atoms with Crippen molar-refractivity contribution in [1.29, 1.82) is 0 Å². The summed E-state index contributed by atoms with van der Waals surface area (Å²) in [5, 5.41) is 0. The highest BCUT2D eigenvalue weighted by Gasteiger charge is 2.41. The highest BCUT2D eigenvalue weighted by molar-refractivity contribution is 5.84. The lowest BCUT2D eigenvalue weighted by molar-refractivity contribution is -0.133. The summed E-state index contributed by atoms with van der Waals surface area (Å²) in [6, 6.07) is 8.80. The molecule has 1 saturated carbocycles. The largest absolute Gasteiger partial charge is 0.327 e. The van der Waals surface area contributed by atoms with Gasteiger partial charge in [-0.3, -0.25) is 4.79 Å². The molecule has 26 heavy (non-hydrogen) atoms. The van der Waals surface area contributed by atoms with E-state index in [-0.39, 0.29) is 24.4 Å². The van der Waals surface area contributed by atoms with Crippen molar-refractivity contribution in [3.63, 3.8) is 0 Å². The van der Waals surface area contributed by atoms with Gasteiger partial charge in [0.25, 0.3) is 0 Å². The molecule has 2 N–H and O–H groups in total. The maximum absolute atomic E-state index is 14.4. The molecule has 1 amide bonds. The summed E-state index contributed by atoms with van der Waals surface area (Å²) in [6.07, 6.45) is 6.25. The third-order valence-corrected chi connectivity index (χ3v) is 5.45. The maximum atomic E-state index is 14.4. The van der Waals surface area contributed by atoms with Crippen molar-refractivity contribution in [3.8, 4) is 0 Å². The van der Waals surface area contributed by atoms with Crippen LogP contribution in [-0.2, 0) is 4.79 Å². The summed E-state index contributed by atoms with van der Waals surface area (Å²) >= 11 is 0. The Bertz CT molecular complexity index is 782. The van der Waals surface area contributed by atoms with E-state index in [4.69, 9.17) is 5.73 Å². The number of alkyl halides is 1. The Hall–Kier alpha value is -2.27. The number of hydrogen-bond donors (Lipinski definition) is 1. The Balaban J connectivity index is 1.64. The predicted molar refractivity (Wildman–Crippen MR) is 96.4 cm³/mol. The monoisotopic (exact) mass is 356 g/mol. The molecule has 4 atom stereocenters. The molecule has 3 nitrogen and oxygen atoms in total. The first-order valence-corrected chi connectivity index (χ1v) is 9.06. The highest BCUT2D eigenvalue weighted by atomic mass is 19.1. The summed E-state index contributed by atoms with van der Waals surface area (Å²) in [5.74, 6) is -0.993. The minimum Gasteiger partial charge on any atom is -0.327 e. The molecule has 3 aliphatic rings. The molecule has 3 unspecified atom stereocenters. The minimum absolute atomic E-state index is 0.112. The van der Waals surface area contributed by atoms with Crippen molar-refractivity contribution in [1.82, 2.24) is 4.90 Å². The van der Waals surface area contributed by atoms with Crippen LogP contribution >= 0.6 is 0 Å². The Morgan fingerprint density at radius 2 is 1.92 bits per heavy atom. The van der Waals surface area contributed by atoms with Crippen LogP contribution in [-0.4, -0.2) is 29.6 Å². The van der Waals surface area contributed by atoms with Crippen LogP contribution < -0.4 is 5.73 Å². The summed E-state index contributed by atoms with van der Waals surface area (Å²) in [5.41, 5.74) is 7.82. The van der Waals surface area contributed by atoms with E-state index in [2.05, 4.69) is 0 Å². The van der Waals surface area contributed by atoms with Gasteiger partial charge >= 0.3 is 0 Å². The summed E-state index contributed by atoms with van der Waals surface area (Å²) in [4.78, 5) is 14.7. The summed E-state index contributed by atoms with van der Waals surface area (Å²) in [7, 11) is 0. The van der Waals surface area contributed by atoms with Gasteiger partial charge in [-0.2, -0.15) is 0 Å². The molecule has 2 aliphatic carbocycles. The molecule has 1 aliphatic heterocycles. The fourth-order valence-electron chi connectivity index (χ4n) is 3.78. The fraction of sp³-hybridized carbons (Fsp3) is 0.381. The first-order valence-electron chi connectivity index (χ1n) is 9.06. The van der Waals surface area contributed by atoms with E-state index >= 15 is 0 Å². The molecule has 0 radical (unpaired) electrons. The number of allylic oxidation sites excluding steroid dienone is 4. The van der Waals surface area contributed by atoms with E-state index < -0.39 is 24.0 Å². The quantitative estimate of drug-likeness (QED) is 0.838. The van der Waals surface area contributed by atoms with Gasteiger partial charge in [0, 0.05) is 12.5 Å². The molecular formula is C21H22F2N2O. The molecule has 0 bridgehead atoms. The van der Waals surface area contributed by atoms with E-state index in [1.54, 1.807) is 4.90 Å². The van der Waals surface area contributed by atoms with Gasteiger partial charge in [0.05, 0.1) is 12.1 Å². The topological polar surface area (TPSA) is 46.3 Å². The second-order valence-electron chi connectivity index (χ2n) is 7.31. The normalized spacial score (nSPS) is 29.3. The number of amides is 1. The lowest BCUT2D eigenvalue weighted by Gasteiger charge is -2.28. The molecule has 4 rings (SSSR count). The van der Waals surface area contributed by atoms with Gasteiger partial charge in [0.2, 0.25) is 5.91 Å². The van der Waals surface area contributed by atoms with Crippen molar-refractivity contribution in [2.45, 2.75) is 31.1 Å². The van der Waals surface area contributed by atoms with E-state index in [0.717, 1.165) is 30.1 Å². The fourth-order valence-corrected chi connectivity index (χ4v) is 3.78. The van der Waals surface area contributed by atoms with Crippen molar-refractivity contribution >= 4 is 5.91 Å². The third-order valence-electron chi connectivity index (χ3n) is 5.45. The molecule has 1 aromatic carbocycles. The van der Waals surface area contributed by atoms with E-state index in [1.165, 1.54) is 12.2 Å². The second-order valence-corrected chi connectivity index (χ2v) is 7.31. The SMILES string of the molecule is N[C@H](C(=O)N1CC(C2C=C(F)C=CC2F)=CC1c1ccccc1)C1CC1. The van der Waals surface area contributed by atoms with Gasteiger partial charge in [0.1, 0.15) is 12.0 Å². The Kier molecular flexibility index (Phi) is 4.49. The summed E-state index contributed by atoms with van der Waals surface area (Å²) in [6.45, 7) is 0.279. The first-order chi connectivity index (χ1) is 12.5. The number of nitrogens with two attached hydrogens (primary N) is 1. The van der Waals surface area contributed by atoms with Crippen LogP contribution in [0.3, 0.4) is 0 Å². The van der Waals surface area contributed by atoms with Gasteiger partial charge in [0.15, 0.2) is 0 Å².